The number of benzene rings is 1. The molecule has 2 fully saturated rings. The van der Waals surface area contributed by atoms with Gasteiger partial charge in [-0.15, -0.1) is 5.10 Å². The highest BCUT2D eigenvalue weighted by atomic mass is 16.5. The minimum atomic E-state index is 0.246. The average Bonchev–Trinajstić information content (AvgIpc) is 3.59. The Morgan fingerprint density at radius 3 is 2.67 bits per heavy atom. The molecule has 1 aliphatic heterocycles. The summed E-state index contributed by atoms with van der Waals surface area (Å²) < 4.78 is 7.76. The number of nitrogens with zero attached hydrogens (tertiary/aromatic N) is 5. The van der Waals surface area contributed by atoms with E-state index in [1.807, 2.05) is 31.3 Å². The lowest BCUT2D eigenvalue weighted by atomic mass is 9.93. The van der Waals surface area contributed by atoms with Crippen LogP contribution in [0.15, 0.2) is 36.5 Å². The molecule has 1 unspecified atom stereocenters. The SMILES string of the molecule is COc1cc(Nc2nc(N3CCCC(C4CC4)C3)n(C(C)C)n2)ccc1-c1ccnc(C)c1. The third kappa shape index (κ3) is 4.68. The van der Waals surface area contributed by atoms with Crippen molar-refractivity contribution in [3.05, 3.63) is 42.2 Å². The summed E-state index contributed by atoms with van der Waals surface area (Å²) in [4.78, 5) is 11.7. The molecule has 2 aliphatic rings. The van der Waals surface area contributed by atoms with Gasteiger partial charge in [0.2, 0.25) is 11.9 Å². The maximum absolute atomic E-state index is 5.71. The fourth-order valence-electron chi connectivity index (χ4n) is 4.92. The number of nitrogens with one attached hydrogen (secondary N) is 1. The molecule has 0 spiro atoms. The molecule has 1 N–H and O–H groups in total. The monoisotopic (exact) mass is 446 g/mol. The highest BCUT2D eigenvalue weighted by Crippen LogP contribution is 2.42. The Hall–Kier alpha value is -3.09. The van der Waals surface area contributed by atoms with Crippen LogP contribution in [0.4, 0.5) is 17.6 Å². The quantitative estimate of drug-likeness (QED) is 0.509. The number of pyridine rings is 1. The molecule has 1 saturated heterocycles. The maximum atomic E-state index is 5.71. The van der Waals surface area contributed by atoms with E-state index in [-0.39, 0.29) is 6.04 Å². The van der Waals surface area contributed by atoms with Gasteiger partial charge < -0.3 is 15.0 Å². The first-order chi connectivity index (χ1) is 16.0. The minimum Gasteiger partial charge on any atom is -0.496 e. The standard InChI is InChI=1S/C26H34N6O/c1-17(2)32-26(31-13-5-6-21(16-31)19-7-8-19)29-25(30-32)28-22-9-10-23(24(15-22)33-4)20-11-12-27-18(3)14-20/h9-12,14-15,17,19,21H,5-8,13,16H2,1-4H3,(H,28,30). The molecule has 1 aliphatic carbocycles. The van der Waals surface area contributed by atoms with Gasteiger partial charge >= 0.3 is 0 Å². The summed E-state index contributed by atoms with van der Waals surface area (Å²) in [6.07, 6.45) is 7.22. The predicted molar refractivity (Wildman–Crippen MR) is 132 cm³/mol. The predicted octanol–water partition coefficient (Wildman–Crippen LogP) is 5.61. The lowest BCUT2D eigenvalue weighted by molar-refractivity contribution is 0.365. The van der Waals surface area contributed by atoms with Crippen molar-refractivity contribution in [3.63, 3.8) is 0 Å². The molecular weight excluding hydrogens is 412 g/mol. The number of aromatic nitrogens is 4. The number of anilines is 3. The van der Waals surface area contributed by atoms with E-state index in [4.69, 9.17) is 14.8 Å². The number of hydrogen-bond donors (Lipinski definition) is 1. The van der Waals surface area contributed by atoms with Crippen LogP contribution in [0.5, 0.6) is 5.75 Å². The fourth-order valence-corrected chi connectivity index (χ4v) is 4.92. The van der Waals surface area contributed by atoms with Gasteiger partial charge in [-0.05, 0) is 88.1 Å². The van der Waals surface area contributed by atoms with Gasteiger partial charge in [-0.1, -0.05) is 0 Å². The first kappa shape index (κ1) is 21.7. The van der Waals surface area contributed by atoms with Crippen molar-refractivity contribution in [1.82, 2.24) is 19.7 Å². The largest absolute Gasteiger partial charge is 0.496 e. The summed E-state index contributed by atoms with van der Waals surface area (Å²) in [6.45, 7) is 8.48. The highest BCUT2D eigenvalue weighted by Gasteiger charge is 2.35. The fraction of sp³-hybridized carbons (Fsp3) is 0.500. The average molecular weight is 447 g/mol. The molecule has 0 radical (unpaired) electrons. The number of hydrogen-bond acceptors (Lipinski definition) is 6. The molecule has 1 aromatic carbocycles. The van der Waals surface area contributed by atoms with E-state index in [0.29, 0.717) is 5.95 Å². The molecule has 2 aromatic heterocycles. The van der Waals surface area contributed by atoms with Crippen LogP contribution < -0.4 is 15.0 Å². The van der Waals surface area contributed by atoms with Gasteiger partial charge in [0.1, 0.15) is 5.75 Å². The van der Waals surface area contributed by atoms with E-state index < -0.39 is 0 Å². The van der Waals surface area contributed by atoms with Crippen molar-refractivity contribution in [3.8, 4) is 16.9 Å². The Morgan fingerprint density at radius 1 is 1.09 bits per heavy atom. The van der Waals surface area contributed by atoms with Crippen LogP contribution in [0.1, 0.15) is 51.3 Å². The second-order valence-electron chi connectivity index (χ2n) is 9.69. The molecule has 3 aromatic rings. The third-order valence-corrected chi connectivity index (χ3v) is 6.80. The molecule has 7 nitrogen and oxygen atoms in total. The number of piperidine rings is 1. The van der Waals surface area contributed by atoms with Gasteiger partial charge in [0.05, 0.1) is 13.2 Å². The van der Waals surface area contributed by atoms with Crippen LogP contribution in [-0.2, 0) is 0 Å². The number of methoxy groups -OCH3 is 1. The highest BCUT2D eigenvalue weighted by molar-refractivity contribution is 5.74. The van der Waals surface area contributed by atoms with Crippen molar-refractivity contribution in [2.75, 3.05) is 30.4 Å². The zero-order valence-electron chi connectivity index (χ0n) is 20.1. The molecule has 0 amide bonds. The van der Waals surface area contributed by atoms with E-state index in [1.54, 1.807) is 7.11 Å². The van der Waals surface area contributed by atoms with Gasteiger partial charge in [0.25, 0.3) is 0 Å². The Balaban J connectivity index is 1.39. The first-order valence-electron chi connectivity index (χ1n) is 12.1. The normalized spacial score (nSPS) is 18.6. The summed E-state index contributed by atoms with van der Waals surface area (Å²) in [5, 5.41) is 8.22. The lowest BCUT2D eigenvalue weighted by Gasteiger charge is -2.33. The van der Waals surface area contributed by atoms with Crippen LogP contribution in [0.3, 0.4) is 0 Å². The van der Waals surface area contributed by atoms with Gasteiger partial charge in [-0.3, -0.25) is 4.98 Å². The maximum Gasteiger partial charge on any atom is 0.248 e. The molecule has 0 bridgehead atoms. The molecule has 3 heterocycles. The third-order valence-electron chi connectivity index (χ3n) is 6.80. The van der Waals surface area contributed by atoms with Crippen LogP contribution in [0.25, 0.3) is 11.1 Å². The number of rotatable bonds is 7. The van der Waals surface area contributed by atoms with Crippen molar-refractivity contribution < 1.29 is 4.74 Å². The molecular formula is C26H34N6O. The minimum absolute atomic E-state index is 0.246. The first-order valence-corrected chi connectivity index (χ1v) is 12.1. The Bertz CT molecular complexity index is 1120. The summed E-state index contributed by atoms with van der Waals surface area (Å²) in [5.41, 5.74) is 4.01. The molecule has 33 heavy (non-hydrogen) atoms. The van der Waals surface area contributed by atoms with Crippen LogP contribution in [0, 0.1) is 18.8 Å². The molecule has 5 rings (SSSR count). The van der Waals surface area contributed by atoms with Crippen molar-refractivity contribution >= 4 is 17.6 Å². The van der Waals surface area contributed by atoms with E-state index in [9.17, 15) is 0 Å². The molecule has 1 saturated carbocycles. The van der Waals surface area contributed by atoms with E-state index >= 15 is 0 Å². The smallest absolute Gasteiger partial charge is 0.248 e. The molecule has 7 heteroatoms. The molecule has 174 valence electrons. The van der Waals surface area contributed by atoms with Crippen LogP contribution in [-0.4, -0.2) is 39.9 Å². The Labute approximate surface area is 196 Å². The van der Waals surface area contributed by atoms with E-state index in [0.717, 1.165) is 59.1 Å². The number of ether oxygens (including phenoxy) is 1. The van der Waals surface area contributed by atoms with Gasteiger partial charge in [-0.25, -0.2) is 4.68 Å². The van der Waals surface area contributed by atoms with Crippen molar-refractivity contribution in [1.29, 1.82) is 0 Å². The topological polar surface area (TPSA) is 68.1 Å². The van der Waals surface area contributed by atoms with E-state index in [2.05, 4.69) is 45.9 Å². The van der Waals surface area contributed by atoms with Crippen molar-refractivity contribution in [2.45, 2.75) is 52.5 Å². The summed E-state index contributed by atoms with van der Waals surface area (Å²) in [7, 11) is 1.70. The second-order valence-corrected chi connectivity index (χ2v) is 9.69. The van der Waals surface area contributed by atoms with Gasteiger partial charge in [-0.2, -0.15) is 4.98 Å². The van der Waals surface area contributed by atoms with Crippen LogP contribution in [0.2, 0.25) is 0 Å². The summed E-state index contributed by atoms with van der Waals surface area (Å²) in [5.74, 6) is 4.14. The summed E-state index contributed by atoms with van der Waals surface area (Å²) in [6, 6.07) is 10.4. The molecule has 1 atom stereocenters. The van der Waals surface area contributed by atoms with E-state index in [1.165, 1.54) is 25.7 Å². The van der Waals surface area contributed by atoms with Crippen molar-refractivity contribution in [2.24, 2.45) is 11.8 Å². The zero-order valence-corrected chi connectivity index (χ0v) is 20.1. The summed E-state index contributed by atoms with van der Waals surface area (Å²) >= 11 is 0. The lowest BCUT2D eigenvalue weighted by Crippen LogP contribution is -2.38. The Kier molecular flexibility index (Phi) is 5.96. The Morgan fingerprint density at radius 2 is 1.94 bits per heavy atom. The van der Waals surface area contributed by atoms with Gasteiger partial charge in [0.15, 0.2) is 0 Å². The second kappa shape index (κ2) is 9.04. The van der Waals surface area contributed by atoms with Crippen LogP contribution >= 0.6 is 0 Å². The number of aryl methyl sites for hydroxylation is 1. The van der Waals surface area contributed by atoms with Gasteiger partial charge in [0, 0.05) is 42.3 Å². The zero-order chi connectivity index (χ0) is 22.9.